The first-order valence-electron chi connectivity index (χ1n) is 7.99. The molecule has 1 fully saturated rings. The summed E-state index contributed by atoms with van der Waals surface area (Å²) in [6.07, 6.45) is 2.29. The predicted molar refractivity (Wildman–Crippen MR) is 87.0 cm³/mol. The summed E-state index contributed by atoms with van der Waals surface area (Å²) in [5.41, 5.74) is 12.8. The Kier molecular flexibility index (Phi) is 2.53. The summed E-state index contributed by atoms with van der Waals surface area (Å²) in [6, 6.07) is 15.8. The minimum atomic E-state index is 0.348. The van der Waals surface area contributed by atoms with E-state index < -0.39 is 0 Å². The van der Waals surface area contributed by atoms with E-state index in [0.29, 0.717) is 5.41 Å². The van der Waals surface area contributed by atoms with Gasteiger partial charge in [0.15, 0.2) is 0 Å². The second-order valence-corrected chi connectivity index (χ2v) is 8.66. The van der Waals surface area contributed by atoms with Crippen LogP contribution in [0.5, 0.6) is 0 Å². The maximum absolute atomic E-state index is 2.39. The normalized spacial score (nSPS) is 20.0. The summed E-state index contributed by atoms with van der Waals surface area (Å²) >= 11 is 1.60. The van der Waals surface area contributed by atoms with Crippen LogP contribution in [-0.2, 0) is 31.1 Å². The van der Waals surface area contributed by atoms with Crippen LogP contribution in [0.25, 0.3) is 16.7 Å². The van der Waals surface area contributed by atoms with Gasteiger partial charge in [-0.15, -0.1) is 0 Å². The molecule has 2 aromatic carbocycles. The van der Waals surface area contributed by atoms with E-state index in [-0.39, 0.29) is 0 Å². The van der Waals surface area contributed by atoms with Gasteiger partial charge in [0, 0.05) is 0 Å². The van der Waals surface area contributed by atoms with Gasteiger partial charge in [-0.2, -0.15) is 0 Å². The molecule has 2 aromatic rings. The molecule has 0 spiro atoms. The summed E-state index contributed by atoms with van der Waals surface area (Å²) < 4.78 is 1.68. The third-order valence-electron chi connectivity index (χ3n) is 5.57. The van der Waals surface area contributed by atoms with E-state index in [2.05, 4.69) is 56.3 Å². The third-order valence-corrected chi connectivity index (χ3v) is 6.62. The summed E-state index contributed by atoms with van der Waals surface area (Å²) in [7, 11) is 0. The van der Waals surface area contributed by atoms with Gasteiger partial charge in [0.1, 0.15) is 0 Å². The van der Waals surface area contributed by atoms with E-state index >= 15 is 0 Å². The molecule has 0 amide bonds. The van der Waals surface area contributed by atoms with Crippen LogP contribution < -0.4 is 0 Å². The zero-order valence-corrected chi connectivity index (χ0v) is 15.4. The second kappa shape index (κ2) is 4.21. The Morgan fingerprint density at radius 3 is 2.32 bits per heavy atom. The van der Waals surface area contributed by atoms with E-state index in [4.69, 9.17) is 0 Å². The Balaban J connectivity index is 1.71. The van der Waals surface area contributed by atoms with E-state index in [0.717, 1.165) is 6.42 Å². The molecule has 105 valence electrons. The van der Waals surface area contributed by atoms with Gasteiger partial charge < -0.3 is 0 Å². The van der Waals surface area contributed by atoms with Gasteiger partial charge in [-0.1, -0.05) is 0 Å². The number of fused-ring (bicyclic) bond motifs is 4. The van der Waals surface area contributed by atoms with Crippen molar-refractivity contribution >= 4 is 5.57 Å². The predicted octanol–water partition coefficient (Wildman–Crippen LogP) is 5.26. The van der Waals surface area contributed by atoms with Crippen LogP contribution in [0.15, 0.2) is 56.9 Å². The van der Waals surface area contributed by atoms with Crippen molar-refractivity contribution in [3.05, 3.63) is 73.6 Å². The van der Waals surface area contributed by atoms with Gasteiger partial charge in [0.05, 0.1) is 0 Å². The number of hydrogen-bond acceptors (Lipinski definition) is 0. The molecule has 0 radical (unpaired) electrons. The maximum atomic E-state index is 2.39. The van der Waals surface area contributed by atoms with E-state index in [9.17, 15) is 0 Å². The molecule has 1 heteroatoms. The van der Waals surface area contributed by atoms with Crippen molar-refractivity contribution in [1.82, 2.24) is 0 Å². The number of benzene rings is 2. The van der Waals surface area contributed by atoms with Crippen LogP contribution in [0.4, 0.5) is 0 Å². The van der Waals surface area contributed by atoms with E-state index in [1.54, 1.807) is 50.3 Å². The fourth-order valence-corrected chi connectivity index (χ4v) is 6.06. The minimum absolute atomic E-state index is 0.348. The van der Waals surface area contributed by atoms with Gasteiger partial charge in [-0.05, 0) is 0 Å². The van der Waals surface area contributed by atoms with E-state index in [1.807, 2.05) is 0 Å². The average molecular weight is 361 g/mol. The Morgan fingerprint density at radius 1 is 0.818 bits per heavy atom. The molecule has 0 heterocycles. The molecule has 1 saturated carbocycles. The Bertz CT molecular complexity index is 909. The van der Waals surface area contributed by atoms with Gasteiger partial charge in [-0.25, -0.2) is 0 Å². The molecule has 0 nitrogen and oxygen atoms in total. The zero-order valence-electron chi connectivity index (χ0n) is 13.0. The fourth-order valence-electron chi connectivity index (χ4n) is 4.55. The standard InChI is InChI=1S/C21H17.Zr/c1-21(2)19-11-10-17(20(19)21)16-9-5-8-15-14-7-4-3-6-13(14)12-18(15)16;/h3-9H,10,12H2,1-2H3;. The Labute approximate surface area is 146 Å². The SMILES string of the molecule is CC1(C)C2=[C]([Zr])CC(c3cccc4c3Cc3ccccc3-4)=C21. The second-order valence-electron chi connectivity index (χ2n) is 7.17. The third kappa shape index (κ3) is 1.56. The Morgan fingerprint density at radius 2 is 1.55 bits per heavy atom. The van der Waals surface area contributed by atoms with Crippen LogP contribution >= 0.6 is 0 Å². The van der Waals surface area contributed by atoms with Crippen molar-refractivity contribution in [3.63, 3.8) is 0 Å². The first-order chi connectivity index (χ1) is 10.6. The molecule has 0 N–H and O–H groups in total. The van der Waals surface area contributed by atoms with Crippen LogP contribution in [0.1, 0.15) is 37.0 Å². The zero-order chi connectivity index (χ0) is 15.1. The molecule has 3 aliphatic carbocycles. The van der Waals surface area contributed by atoms with Gasteiger partial charge >= 0.3 is 147 Å². The number of allylic oxidation sites excluding steroid dienone is 4. The van der Waals surface area contributed by atoms with Crippen molar-refractivity contribution < 1.29 is 24.7 Å². The van der Waals surface area contributed by atoms with Crippen molar-refractivity contribution in [2.45, 2.75) is 26.7 Å². The molecular formula is C21H17Zr. The first kappa shape index (κ1) is 13.3. The Hall–Kier alpha value is -1.20. The molecule has 22 heavy (non-hydrogen) atoms. The summed E-state index contributed by atoms with van der Waals surface area (Å²) in [5.74, 6) is 0. The van der Waals surface area contributed by atoms with Crippen molar-refractivity contribution in [3.8, 4) is 11.1 Å². The van der Waals surface area contributed by atoms with Crippen molar-refractivity contribution in [2.75, 3.05) is 0 Å². The van der Waals surface area contributed by atoms with Crippen molar-refractivity contribution in [1.29, 1.82) is 0 Å². The van der Waals surface area contributed by atoms with Crippen LogP contribution in [0.2, 0.25) is 0 Å². The van der Waals surface area contributed by atoms with E-state index in [1.165, 1.54) is 28.7 Å². The van der Waals surface area contributed by atoms with Crippen LogP contribution in [0.3, 0.4) is 0 Å². The summed E-state index contributed by atoms with van der Waals surface area (Å²) in [6.45, 7) is 4.78. The summed E-state index contributed by atoms with van der Waals surface area (Å²) in [4.78, 5) is 0. The topological polar surface area (TPSA) is 0 Å². The van der Waals surface area contributed by atoms with Crippen molar-refractivity contribution in [2.24, 2.45) is 5.41 Å². The number of rotatable bonds is 1. The van der Waals surface area contributed by atoms with Gasteiger partial charge in [-0.3, -0.25) is 0 Å². The number of hydrogen-bond donors (Lipinski definition) is 0. The molecule has 3 aliphatic rings. The van der Waals surface area contributed by atoms with Crippen LogP contribution in [-0.4, -0.2) is 0 Å². The molecule has 5 rings (SSSR count). The molecule has 0 aliphatic heterocycles. The average Bonchev–Trinajstić information content (AvgIpc) is 2.84. The molecular weight excluding hydrogens is 343 g/mol. The fraction of sp³-hybridized carbons (Fsp3) is 0.238. The first-order valence-corrected chi connectivity index (χ1v) is 9.21. The van der Waals surface area contributed by atoms with Gasteiger partial charge in [0.2, 0.25) is 0 Å². The monoisotopic (exact) mass is 359 g/mol. The molecule has 0 saturated heterocycles. The molecule has 0 aromatic heterocycles. The van der Waals surface area contributed by atoms with Gasteiger partial charge in [0.25, 0.3) is 0 Å². The van der Waals surface area contributed by atoms with Crippen LogP contribution in [0, 0.1) is 5.41 Å². The summed E-state index contributed by atoms with van der Waals surface area (Å²) in [5, 5.41) is 0. The molecule has 0 atom stereocenters. The molecule has 0 unspecified atom stereocenters. The molecule has 0 bridgehead atoms. The quantitative estimate of drug-likeness (QED) is 0.555.